The fraction of sp³-hybridized carbons (Fsp3) is 0.208. The van der Waals surface area contributed by atoms with Gasteiger partial charge < -0.3 is 4.74 Å². The molecule has 2 aromatic heterocycles. The Morgan fingerprint density at radius 1 is 1.25 bits per heavy atom. The summed E-state index contributed by atoms with van der Waals surface area (Å²) in [6.07, 6.45) is 3.51. The van der Waals surface area contributed by atoms with Crippen LogP contribution < -0.4 is 14.8 Å². The van der Waals surface area contributed by atoms with Crippen molar-refractivity contribution < 1.29 is 9.13 Å². The number of hydrogen-bond donors (Lipinski definition) is 0. The van der Waals surface area contributed by atoms with Crippen LogP contribution in [0.4, 0.5) is 4.39 Å². The maximum absolute atomic E-state index is 13.3. The molecule has 3 heterocycles. The van der Waals surface area contributed by atoms with Crippen molar-refractivity contribution in [3.8, 4) is 6.07 Å². The van der Waals surface area contributed by atoms with E-state index in [1.54, 1.807) is 22.8 Å². The van der Waals surface area contributed by atoms with Gasteiger partial charge in [0.25, 0.3) is 5.56 Å². The molecule has 1 aliphatic rings. The maximum Gasteiger partial charge on any atom is 0.269 e. The molecule has 32 heavy (non-hydrogen) atoms. The van der Waals surface area contributed by atoms with E-state index in [1.807, 2.05) is 24.3 Å². The summed E-state index contributed by atoms with van der Waals surface area (Å²) in [5.74, 6) is -0.333. The van der Waals surface area contributed by atoms with Gasteiger partial charge in [0.05, 0.1) is 27.4 Å². The van der Waals surface area contributed by atoms with Crippen molar-refractivity contribution >= 4 is 44.5 Å². The van der Waals surface area contributed by atoms with Gasteiger partial charge in [-0.05, 0) is 48.7 Å². The van der Waals surface area contributed by atoms with Gasteiger partial charge >= 0.3 is 0 Å². The highest BCUT2D eigenvalue weighted by molar-refractivity contribution is 7.19. The molecule has 1 aliphatic heterocycles. The summed E-state index contributed by atoms with van der Waals surface area (Å²) in [6, 6.07) is 16.0. The zero-order valence-corrected chi connectivity index (χ0v) is 18.6. The van der Waals surface area contributed by atoms with Crippen LogP contribution >= 0.6 is 22.7 Å². The molecule has 0 aliphatic carbocycles. The van der Waals surface area contributed by atoms with Gasteiger partial charge in [-0.1, -0.05) is 24.3 Å². The number of fused-ring (bicyclic) bond motifs is 1. The molecule has 5 rings (SSSR count). The van der Waals surface area contributed by atoms with E-state index < -0.39 is 0 Å². The summed E-state index contributed by atoms with van der Waals surface area (Å²) < 4.78 is 22.7. The van der Waals surface area contributed by atoms with Gasteiger partial charge in [0.2, 0.25) is 0 Å². The molecule has 1 saturated heterocycles. The van der Waals surface area contributed by atoms with E-state index in [1.165, 1.54) is 34.8 Å². The number of thiazole rings is 2. The first-order chi connectivity index (χ1) is 15.6. The lowest BCUT2D eigenvalue weighted by Crippen LogP contribution is -2.35. The van der Waals surface area contributed by atoms with Crippen LogP contribution in [0, 0.1) is 17.1 Å². The van der Waals surface area contributed by atoms with Crippen molar-refractivity contribution in [3.63, 3.8) is 0 Å². The second-order valence-electron chi connectivity index (χ2n) is 7.49. The van der Waals surface area contributed by atoms with E-state index in [-0.39, 0.29) is 17.5 Å². The molecule has 0 radical (unpaired) electrons. The minimum absolute atomic E-state index is 0.0602. The first kappa shape index (κ1) is 20.8. The summed E-state index contributed by atoms with van der Waals surface area (Å²) in [5.41, 5.74) is 1.74. The molecule has 0 N–H and O–H groups in total. The SMILES string of the molecule is N#C/C(c1nc2ccccc2s1)=c1/s/c(=C\c2ccc(F)cc2)c(=O)n1CC1CCCO1. The van der Waals surface area contributed by atoms with E-state index in [0.29, 0.717) is 32.9 Å². The van der Waals surface area contributed by atoms with Crippen molar-refractivity contribution in [1.82, 2.24) is 9.55 Å². The Labute approximate surface area is 191 Å². The standard InChI is InChI=1S/C24H18FN3O2S2/c25-16-9-7-15(8-10-16)12-21-23(29)28(14-17-4-3-11-30-17)24(32-21)18(13-26)22-27-19-5-1-2-6-20(19)31-22/h1-2,5-10,12,17H,3-4,11,14H2/b21-12-,24-18-. The van der Waals surface area contributed by atoms with E-state index >= 15 is 0 Å². The highest BCUT2D eigenvalue weighted by atomic mass is 32.1. The number of hydrogen-bond acceptors (Lipinski definition) is 6. The number of halogens is 1. The number of ether oxygens (including phenoxy) is 1. The Kier molecular flexibility index (Phi) is 5.70. The Balaban J connectivity index is 1.74. The molecule has 8 heteroatoms. The van der Waals surface area contributed by atoms with Gasteiger partial charge in [-0.2, -0.15) is 5.26 Å². The van der Waals surface area contributed by atoms with E-state index in [9.17, 15) is 14.4 Å². The fourth-order valence-electron chi connectivity index (χ4n) is 3.74. The van der Waals surface area contributed by atoms with E-state index in [0.717, 1.165) is 28.6 Å². The smallest absolute Gasteiger partial charge is 0.269 e. The summed E-state index contributed by atoms with van der Waals surface area (Å²) in [6.45, 7) is 1.07. The van der Waals surface area contributed by atoms with Crippen LogP contribution in [0.25, 0.3) is 21.9 Å². The van der Waals surface area contributed by atoms with Crippen molar-refractivity contribution in [2.75, 3.05) is 6.61 Å². The maximum atomic E-state index is 13.3. The molecule has 0 spiro atoms. The highest BCUT2D eigenvalue weighted by Gasteiger charge is 2.20. The minimum atomic E-state index is -0.333. The third kappa shape index (κ3) is 4.02. The Morgan fingerprint density at radius 3 is 2.78 bits per heavy atom. The van der Waals surface area contributed by atoms with Gasteiger partial charge in [0, 0.05) is 6.61 Å². The third-order valence-electron chi connectivity index (χ3n) is 5.32. The topological polar surface area (TPSA) is 67.9 Å². The molecule has 1 unspecified atom stereocenters. The highest BCUT2D eigenvalue weighted by Crippen LogP contribution is 2.25. The second kappa shape index (κ2) is 8.79. The number of rotatable bonds is 4. The molecule has 0 saturated carbocycles. The lowest BCUT2D eigenvalue weighted by Gasteiger charge is -2.09. The van der Waals surface area contributed by atoms with Crippen LogP contribution in [-0.2, 0) is 11.3 Å². The zero-order valence-electron chi connectivity index (χ0n) is 17.0. The predicted octanol–water partition coefficient (Wildman–Crippen LogP) is 3.39. The average Bonchev–Trinajstić information content (AvgIpc) is 3.53. The van der Waals surface area contributed by atoms with E-state index in [2.05, 4.69) is 11.1 Å². The summed E-state index contributed by atoms with van der Waals surface area (Å²) in [4.78, 5) is 18.0. The zero-order chi connectivity index (χ0) is 22.1. The number of nitrogens with zero attached hydrogens (tertiary/aromatic N) is 3. The molecule has 0 bridgehead atoms. The van der Waals surface area contributed by atoms with Gasteiger partial charge in [-0.25, -0.2) is 9.37 Å². The van der Waals surface area contributed by atoms with Gasteiger partial charge in [0.15, 0.2) is 0 Å². The van der Waals surface area contributed by atoms with Crippen LogP contribution in [-0.4, -0.2) is 22.3 Å². The number of aromatic nitrogens is 2. The first-order valence-corrected chi connectivity index (χ1v) is 11.8. The summed E-state index contributed by atoms with van der Waals surface area (Å²) >= 11 is 2.69. The summed E-state index contributed by atoms with van der Waals surface area (Å²) in [5, 5.41) is 10.6. The van der Waals surface area contributed by atoms with Gasteiger partial charge in [-0.15, -0.1) is 22.7 Å². The van der Waals surface area contributed by atoms with Crippen molar-refractivity contribution in [2.24, 2.45) is 0 Å². The van der Waals surface area contributed by atoms with Crippen molar-refractivity contribution in [2.45, 2.75) is 25.5 Å². The van der Waals surface area contributed by atoms with Crippen LogP contribution in [0.2, 0.25) is 0 Å². The summed E-state index contributed by atoms with van der Waals surface area (Å²) in [7, 11) is 0. The Bertz CT molecular complexity index is 1470. The molecule has 2 aromatic carbocycles. The third-order valence-corrected chi connectivity index (χ3v) is 7.50. The van der Waals surface area contributed by atoms with Gasteiger partial charge in [-0.3, -0.25) is 9.36 Å². The fourth-order valence-corrected chi connectivity index (χ4v) is 5.88. The molecular formula is C24H18FN3O2S2. The molecule has 160 valence electrons. The molecule has 5 nitrogen and oxygen atoms in total. The quantitative estimate of drug-likeness (QED) is 0.465. The first-order valence-electron chi connectivity index (χ1n) is 10.2. The monoisotopic (exact) mass is 463 g/mol. The number of benzene rings is 2. The molecule has 4 aromatic rings. The Hall–Kier alpha value is -3.12. The number of para-hydroxylation sites is 1. The van der Waals surface area contributed by atoms with Crippen LogP contribution in [0.5, 0.6) is 0 Å². The van der Waals surface area contributed by atoms with Crippen LogP contribution in [0.1, 0.15) is 23.4 Å². The van der Waals surface area contributed by atoms with Crippen LogP contribution in [0.15, 0.2) is 53.3 Å². The van der Waals surface area contributed by atoms with E-state index in [4.69, 9.17) is 4.74 Å². The minimum Gasteiger partial charge on any atom is -0.376 e. The Morgan fingerprint density at radius 2 is 2.06 bits per heavy atom. The molecule has 1 atom stereocenters. The number of nitriles is 1. The lowest BCUT2D eigenvalue weighted by molar-refractivity contribution is 0.0958. The molecule has 1 fully saturated rings. The van der Waals surface area contributed by atoms with Gasteiger partial charge in [0.1, 0.15) is 27.1 Å². The predicted molar refractivity (Wildman–Crippen MR) is 125 cm³/mol. The van der Waals surface area contributed by atoms with Crippen LogP contribution in [0.3, 0.4) is 0 Å². The van der Waals surface area contributed by atoms with Crippen molar-refractivity contribution in [1.29, 1.82) is 5.26 Å². The lowest BCUT2D eigenvalue weighted by atomic mass is 10.2. The van der Waals surface area contributed by atoms with Crippen molar-refractivity contribution in [3.05, 3.63) is 84.5 Å². The average molecular weight is 464 g/mol. The normalized spacial score (nSPS) is 17.6. The second-order valence-corrected chi connectivity index (χ2v) is 9.55. The largest absolute Gasteiger partial charge is 0.376 e. The molecular weight excluding hydrogens is 445 g/mol. The molecule has 0 amide bonds.